The molecule has 0 fully saturated rings. The van der Waals surface area contributed by atoms with Crippen molar-refractivity contribution < 1.29 is 39.3 Å². The van der Waals surface area contributed by atoms with E-state index in [9.17, 15) is 9.59 Å². The fraction of sp³-hybridized carbons (Fsp3) is 0.205. The molecule has 12 nitrogen and oxygen atoms in total. The number of hydrogen-bond acceptors (Lipinski definition) is 8. The van der Waals surface area contributed by atoms with Crippen LogP contribution in [0, 0.1) is 0 Å². The molecule has 0 amide bonds. The average molecular weight is 1350 g/mol. The van der Waals surface area contributed by atoms with Crippen LogP contribution in [-0.2, 0) is 41.1 Å². The van der Waals surface area contributed by atoms with Crippen LogP contribution in [0.5, 0.6) is 0 Å². The Bertz CT molecular complexity index is 3840. The second-order valence-electron chi connectivity index (χ2n) is 25.9. The Morgan fingerprint density at radius 3 is 0.839 bits per heavy atom. The minimum atomic E-state index is -1.08. The SMILES string of the molecule is CC(C)(C)c1ccc(N(c2ccc(/C=C/c3ccnc(-c4cc(/C=C/c5ccc(N(c6ccc(C(C)(C)C)cc6)c6ccc(C(C)(C)C)cc6)cc5)ccn4)c3)cc2)c2ccc(C(C)(C)C)cc2)cc1.O=C(O)c1c[n-]c(-c2cc(C(=O)O)c[n-]2)c1.[N-]=C=S.[N-]=C=S.[Ru+4]. The van der Waals surface area contributed by atoms with Gasteiger partial charge in [0, 0.05) is 57.6 Å². The summed E-state index contributed by atoms with van der Waals surface area (Å²) in [6, 6.07) is 64.5. The molecule has 0 atom stereocenters. The molecule has 0 radical (unpaired) electrons. The van der Waals surface area contributed by atoms with Gasteiger partial charge in [0.05, 0.1) is 11.4 Å². The summed E-state index contributed by atoms with van der Waals surface area (Å²) >= 11 is 7.40. The number of nitrogens with zero attached hydrogens (tertiary/aromatic N) is 8. The van der Waals surface area contributed by atoms with Crippen molar-refractivity contribution in [2.24, 2.45) is 0 Å². The number of isothiocyanates is 2. The van der Waals surface area contributed by atoms with Gasteiger partial charge < -0.3 is 40.8 Å². The van der Waals surface area contributed by atoms with Crippen LogP contribution in [0.15, 0.2) is 207 Å². The van der Waals surface area contributed by atoms with E-state index in [1.807, 2.05) is 24.5 Å². The molecule has 15 heteroatoms. The smallest absolute Gasteiger partial charge is 0.753 e. The van der Waals surface area contributed by atoms with Crippen molar-refractivity contribution in [3.05, 3.63) is 273 Å². The average Bonchev–Trinajstić information content (AvgIpc) is 1.54. The predicted octanol–water partition coefficient (Wildman–Crippen LogP) is 20.6. The summed E-state index contributed by atoms with van der Waals surface area (Å²) < 4.78 is 0. The van der Waals surface area contributed by atoms with E-state index in [-0.39, 0.29) is 52.3 Å². The molecule has 0 aliphatic carbocycles. The summed E-state index contributed by atoms with van der Waals surface area (Å²) in [4.78, 5) is 43.0. The van der Waals surface area contributed by atoms with Crippen LogP contribution in [0.4, 0.5) is 34.1 Å². The molecule has 4 aromatic heterocycles. The molecule has 4 heterocycles. The summed E-state index contributed by atoms with van der Waals surface area (Å²) in [5.74, 6) is -2.16. The molecule has 10 rings (SSSR count). The maximum absolute atomic E-state index is 10.6. The van der Waals surface area contributed by atoms with Gasteiger partial charge in [-0.25, -0.2) is 9.59 Å². The minimum absolute atomic E-state index is 0. The first-order valence-electron chi connectivity index (χ1n) is 29.9. The van der Waals surface area contributed by atoms with Gasteiger partial charge in [-0.1, -0.05) is 217 Å². The fourth-order valence-electron chi connectivity index (χ4n) is 9.81. The Balaban J connectivity index is 0.000000506. The van der Waals surface area contributed by atoms with E-state index in [0.29, 0.717) is 11.4 Å². The second kappa shape index (κ2) is 32.1. The number of aromatic nitrogens is 4. The van der Waals surface area contributed by atoms with Gasteiger partial charge in [-0.05, 0) is 163 Å². The second-order valence-corrected chi connectivity index (χ2v) is 26.3. The van der Waals surface area contributed by atoms with Crippen LogP contribution in [0.1, 0.15) is 148 Å². The first kappa shape index (κ1) is 72.5. The number of carboxylic acids is 2. The van der Waals surface area contributed by atoms with E-state index in [2.05, 4.69) is 309 Å². The predicted molar refractivity (Wildman–Crippen MR) is 387 cm³/mol. The number of rotatable bonds is 14. The molecule has 0 aliphatic rings. The molecule has 0 aliphatic heterocycles. The summed E-state index contributed by atoms with van der Waals surface area (Å²) in [5.41, 5.74) is 19.1. The first-order chi connectivity index (χ1) is 43.6. The zero-order chi connectivity index (χ0) is 67.0. The standard InChI is InChI=1S/C66H70N4.C10H6N2O4.2CNS.Ru/c1-63(2,3)51-21-33-57(34-22-51)69(58-35-23-52(24-36-58)64(4,5)6)55-29-17-47(18-30-55)13-15-49-41-43-67-61(45-49)62-46-50(42-44-68-62)16-14-48-19-31-56(32-20-48)70(59-37-25-53(26-38-59)65(7,8)9)60-39-27-54(28-40-60)66(10,11)12;13-9(14)5-1-7(11-3-5)8-2-6(4-12-8)10(15)16;2*2-1-3;/h13-46H,1-12H3;1-4H,(H,13,14)(H,15,16);;;/q;-2;2*-1;+4/b15-13+,16-14+;;;;. The third-order valence-corrected chi connectivity index (χ3v) is 15.1. The normalized spacial score (nSPS) is 11.3. The Kier molecular flexibility index (Phi) is 25.0. The molecule has 2 N–H and O–H groups in total. The van der Waals surface area contributed by atoms with Crippen molar-refractivity contribution in [2.75, 3.05) is 9.80 Å². The van der Waals surface area contributed by atoms with Crippen molar-refractivity contribution in [3.8, 4) is 22.8 Å². The van der Waals surface area contributed by atoms with E-state index in [1.54, 1.807) is 0 Å². The number of anilines is 6. The Morgan fingerprint density at radius 1 is 0.398 bits per heavy atom. The number of carbonyl (C=O) groups is 2. The van der Waals surface area contributed by atoms with Crippen LogP contribution in [-0.4, -0.2) is 42.4 Å². The van der Waals surface area contributed by atoms with Crippen LogP contribution >= 0.6 is 24.4 Å². The van der Waals surface area contributed by atoms with Crippen LogP contribution < -0.4 is 19.8 Å². The van der Waals surface area contributed by atoms with Crippen molar-refractivity contribution in [3.63, 3.8) is 0 Å². The molecule has 472 valence electrons. The van der Waals surface area contributed by atoms with Gasteiger partial charge >= 0.3 is 31.4 Å². The van der Waals surface area contributed by atoms with E-state index < -0.39 is 11.9 Å². The molecule has 0 spiro atoms. The molecule has 0 unspecified atom stereocenters. The number of pyridine rings is 2. The molecule has 0 saturated heterocycles. The Hall–Kier alpha value is -9.58. The number of hydrogen-bond donors (Lipinski definition) is 2. The maximum Gasteiger partial charge on any atom is 4.00 e. The third-order valence-electron chi connectivity index (χ3n) is 15.1. The fourth-order valence-corrected chi connectivity index (χ4v) is 9.81. The number of aromatic carboxylic acids is 2. The summed E-state index contributed by atoms with van der Waals surface area (Å²) in [7, 11) is 0. The van der Waals surface area contributed by atoms with Crippen molar-refractivity contribution >= 4 is 105 Å². The molecule has 6 aromatic carbocycles. The summed E-state index contributed by atoms with van der Waals surface area (Å²) in [5, 5.41) is 34.3. The van der Waals surface area contributed by atoms with Gasteiger partial charge in [0.1, 0.15) is 0 Å². The zero-order valence-electron chi connectivity index (χ0n) is 54.4. The van der Waals surface area contributed by atoms with E-state index in [1.165, 1.54) is 57.1 Å². The Morgan fingerprint density at radius 2 is 0.624 bits per heavy atom. The van der Waals surface area contributed by atoms with Crippen molar-refractivity contribution in [1.82, 2.24) is 19.9 Å². The molecule has 0 saturated carbocycles. The first-order valence-corrected chi connectivity index (χ1v) is 30.7. The third kappa shape index (κ3) is 20.2. The van der Waals surface area contributed by atoms with Gasteiger partial charge in [0.25, 0.3) is 0 Å². The number of benzene rings is 6. The minimum Gasteiger partial charge on any atom is -0.753 e. The summed E-state index contributed by atoms with van der Waals surface area (Å²) in [6.45, 7) is 27.1. The van der Waals surface area contributed by atoms with Crippen LogP contribution in [0.25, 0.3) is 57.9 Å². The quantitative estimate of drug-likeness (QED) is 0.0599. The van der Waals surface area contributed by atoms with Gasteiger partial charge in [-0.3, -0.25) is 9.97 Å². The van der Waals surface area contributed by atoms with Crippen LogP contribution in [0.3, 0.4) is 0 Å². The molecule has 10 aromatic rings. The molecule has 0 bridgehead atoms. The molecular formula is C78H76N8O4RuS2. The van der Waals surface area contributed by atoms with E-state index >= 15 is 0 Å². The maximum atomic E-state index is 10.6. The summed E-state index contributed by atoms with van der Waals surface area (Å²) in [6.07, 6.45) is 14.7. The van der Waals surface area contributed by atoms with Crippen molar-refractivity contribution in [2.45, 2.75) is 105 Å². The molecular weight excluding hydrogens is 1280 g/mol. The molecule has 93 heavy (non-hydrogen) atoms. The zero-order valence-corrected chi connectivity index (χ0v) is 57.8. The van der Waals surface area contributed by atoms with Crippen molar-refractivity contribution in [1.29, 1.82) is 0 Å². The Labute approximate surface area is 571 Å². The van der Waals surface area contributed by atoms with E-state index in [4.69, 9.17) is 31.0 Å². The van der Waals surface area contributed by atoms with Gasteiger partial charge in [-0.15, -0.1) is 0 Å². The van der Waals surface area contributed by atoms with E-state index in [0.717, 1.165) is 67.8 Å². The monoisotopic (exact) mass is 1350 g/mol. The van der Waals surface area contributed by atoms with Gasteiger partial charge in [0.2, 0.25) is 0 Å². The number of carboxylic acid groups (broad SMARTS) is 2. The topological polar surface area (TPSA) is 180 Å². The van der Waals surface area contributed by atoms with Crippen LogP contribution in [0.2, 0.25) is 0 Å². The largest absolute Gasteiger partial charge is 4.00 e. The van der Waals surface area contributed by atoms with Gasteiger partial charge in [0.15, 0.2) is 0 Å². The number of thiocarbonyl (C=S) groups is 2. The van der Waals surface area contributed by atoms with Gasteiger partial charge in [-0.2, -0.15) is 34.1 Å².